The van der Waals surface area contributed by atoms with Crippen LogP contribution in [-0.4, -0.2) is 19.9 Å². The molecule has 0 bridgehead atoms. The Hall–Kier alpha value is -4.58. The lowest BCUT2D eigenvalue weighted by molar-refractivity contribution is 0.467. The van der Waals surface area contributed by atoms with Crippen LogP contribution in [-0.2, 0) is 0 Å². The van der Waals surface area contributed by atoms with E-state index in [0.717, 1.165) is 33.9 Å². The molecular weight excluding hydrogens is 424 g/mol. The Kier molecular flexibility index (Phi) is 5.95. The lowest BCUT2D eigenvalue weighted by atomic mass is 10.2. The van der Waals surface area contributed by atoms with Crippen LogP contribution in [0, 0.1) is 13.8 Å². The molecule has 0 N–H and O–H groups in total. The van der Waals surface area contributed by atoms with E-state index in [1.165, 1.54) is 0 Å². The number of aryl methyl sites for hydroxylation is 2. The largest absolute Gasteiger partial charge is 0.456 e. The molecule has 0 radical (unpaired) electrons. The van der Waals surface area contributed by atoms with E-state index in [1.807, 2.05) is 99.0 Å². The van der Waals surface area contributed by atoms with Crippen LogP contribution in [0.4, 0.5) is 0 Å². The molecule has 4 aromatic heterocycles. The van der Waals surface area contributed by atoms with Crippen LogP contribution in [0.15, 0.2) is 97.6 Å². The Morgan fingerprint density at radius 3 is 1.00 bits per heavy atom. The van der Waals surface area contributed by atoms with Crippen molar-refractivity contribution in [3.8, 4) is 45.8 Å². The van der Waals surface area contributed by atoms with E-state index in [0.29, 0.717) is 23.0 Å². The minimum atomic E-state index is 0.647. The molecule has 4 heterocycles. The molecule has 0 fully saturated rings. The predicted octanol–water partition coefficient (Wildman–Crippen LogP) is 6.80. The Bertz CT molecular complexity index is 1260. The third kappa shape index (κ3) is 5.07. The fourth-order valence-corrected chi connectivity index (χ4v) is 3.27. The molecule has 0 spiro atoms. The second-order valence-electron chi connectivity index (χ2n) is 7.88. The highest BCUT2D eigenvalue weighted by Crippen LogP contribution is 2.28. The van der Waals surface area contributed by atoms with Crippen LogP contribution in [0.3, 0.4) is 0 Å². The molecule has 5 aromatic rings. The molecule has 34 heavy (non-hydrogen) atoms. The summed E-state index contributed by atoms with van der Waals surface area (Å²) in [7, 11) is 0. The Balaban J connectivity index is 1.21. The van der Waals surface area contributed by atoms with Gasteiger partial charge in [0.15, 0.2) is 0 Å². The zero-order chi connectivity index (χ0) is 23.3. The molecule has 0 atom stereocenters. The minimum absolute atomic E-state index is 0.647. The fourth-order valence-electron chi connectivity index (χ4n) is 3.27. The van der Waals surface area contributed by atoms with Crippen molar-refractivity contribution < 1.29 is 9.47 Å². The number of nitrogens with zero attached hydrogens (tertiary/aromatic N) is 4. The van der Waals surface area contributed by atoms with Gasteiger partial charge in [0.1, 0.15) is 23.0 Å². The van der Waals surface area contributed by atoms with Gasteiger partial charge < -0.3 is 9.47 Å². The van der Waals surface area contributed by atoms with Crippen LogP contribution in [0.25, 0.3) is 22.8 Å². The van der Waals surface area contributed by atoms with Gasteiger partial charge in [0.2, 0.25) is 0 Å². The average Bonchev–Trinajstić information content (AvgIpc) is 2.87. The maximum absolute atomic E-state index is 5.91. The van der Waals surface area contributed by atoms with E-state index in [2.05, 4.69) is 19.9 Å². The highest BCUT2D eigenvalue weighted by atomic mass is 16.5. The van der Waals surface area contributed by atoms with Crippen molar-refractivity contribution in [3.05, 3.63) is 109 Å². The summed E-state index contributed by atoms with van der Waals surface area (Å²) in [4.78, 5) is 17.7. The van der Waals surface area contributed by atoms with Crippen molar-refractivity contribution in [1.82, 2.24) is 19.9 Å². The van der Waals surface area contributed by atoms with Gasteiger partial charge >= 0.3 is 0 Å². The summed E-state index contributed by atoms with van der Waals surface area (Å²) in [5.74, 6) is 2.67. The van der Waals surface area contributed by atoms with Gasteiger partial charge in [-0.15, -0.1) is 0 Å². The van der Waals surface area contributed by atoms with Gasteiger partial charge in [-0.2, -0.15) is 0 Å². The molecule has 0 saturated heterocycles. The number of rotatable bonds is 6. The quantitative estimate of drug-likeness (QED) is 0.286. The average molecular weight is 447 g/mol. The summed E-state index contributed by atoms with van der Waals surface area (Å²) in [5, 5.41) is 0. The highest BCUT2D eigenvalue weighted by Gasteiger charge is 2.05. The van der Waals surface area contributed by atoms with Crippen LogP contribution < -0.4 is 9.47 Å². The SMILES string of the molecule is Cc1ccc(-c2ccc(Oc3ccc(Oc4ccc(-c5ccc(C)cn5)nc4)cc3)cn2)nc1. The molecule has 0 aliphatic heterocycles. The van der Waals surface area contributed by atoms with Crippen molar-refractivity contribution in [2.75, 3.05) is 0 Å². The molecule has 0 aliphatic rings. The van der Waals surface area contributed by atoms with Crippen LogP contribution in [0.1, 0.15) is 11.1 Å². The summed E-state index contributed by atoms with van der Waals surface area (Å²) in [6.45, 7) is 4.02. The maximum atomic E-state index is 5.91. The molecule has 6 nitrogen and oxygen atoms in total. The molecule has 0 aliphatic carbocycles. The zero-order valence-electron chi connectivity index (χ0n) is 18.8. The van der Waals surface area contributed by atoms with Crippen LogP contribution in [0.5, 0.6) is 23.0 Å². The summed E-state index contributed by atoms with van der Waals surface area (Å²) in [6, 6.07) is 22.9. The van der Waals surface area contributed by atoms with Crippen molar-refractivity contribution >= 4 is 0 Å². The topological polar surface area (TPSA) is 70.0 Å². The zero-order valence-corrected chi connectivity index (χ0v) is 18.8. The van der Waals surface area contributed by atoms with Crippen molar-refractivity contribution in [2.24, 2.45) is 0 Å². The molecule has 0 unspecified atom stereocenters. The third-order valence-electron chi connectivity index (χ3n) is 5.12. The number of benzene rings is 1. The highest BCUT2D eigenvalue weighted by molar-refractivity contribution is 5.55. The van der Waals surface area contributed by atoms with Gasteiger partial charge in [0, 0.05) is 12.4 Å². The summed E-state index contributed by atoms with van der Waals surface area (Å²) >= 11 is 0. The first kappa shape index (κ1) is 21.3. The Labute approximate surface area is 197 Å². The normalized spacial score (nSPS) is 10.6. The van der Waals surface area contributed by atoms with E-state index in [9.17, 15) is 0 Å². The van der Waals surface area contributed by atoms with E-state index in [4.69, 9.17) is 9.47 Å². The third-order valence-corrected chi connectivity index (χ3v) is 5.12. The first-order valence-corrected chi connectivity index (χ1v) is 10.9. The van der Waals surface area contributed by atoms with Crippen molar-refractivity contribution in [2.45, 2.75) is 13.8 Å². The number of pyridine rings is 4. The first-order chi connectivity index (χ1) is 16.6. The summed E-state index contributed by atoms with van der Waals surface area (Å²) in [5.41, 5.74) is 5.49. The van der Waals surface area contributed by atoms with E-state index in [-0.39, 0.29) is 0 Å². The van der Waals surface area contributed by atoms with Gasteiger partial charge in [-0.3, -0.25) is 19.9 Å². The lowest BCUT2D eigenvalue weighted by Crippen LogP contribution is -1.91. The molecule has 0 saturated carbocycles. The monoisotopic (exact) mass is 446 g/mol. The van der Waals surface area contributed by atoms with Gasteiger partial charge in [-0.25, -0.2) is 0 Å². The van der Waals surface area contributed by atoms with Gasteiger partial charge in [-0.1, -0.05) is 12.1 Å². The molecule has 166 valence electrons. The van der Waals surface area contributed by atoms with E-state index >= 15 is 0 Å². The smallest absolute Gasteiger partial charge is 0.145 e. The number of hydrogen-bond donors (Lipinski definition) is 0. The first-order valence-electron chi connectivity index (χ1n) is 10.9. The second-order valence-corrected chi connectivity index (χ2v) is 7.88. The van der Waals surface area contributed by atoms with Crippen molar-refractivity contribution in [3.63, 3.8) is 0 Å². The van der Waals surface area contributed by atoms with Gasteiger partial charge in [0.25, 0.3) is 0 Å². The predicted molar refractivity (Wildman–Crippen MR) is 131 cm³/mol. The summed E-state index contributed by atoms with van der Waals surface area (Å²) in [6.07, 6.45) is 7.04. The van der Waals surface area contributed by atoms with Crippen molar-refractivity contribution in [1.29, 1.82) is 0 Å². The number of ether oxygens (including phenoxy) is 2. The van der Waals surface area contributed by atoms with Gasteiger partial charge in [0.05, 0.1) is 35.2 Å². The van der Waals surface area contributed by atoms with Crippen LogP contribution >= 0.6 is 0 Å². The standard InChI is InChI=1S/C28H22N4O2/c1-19-3-11-25(29-15-19)27-13-9-23(17-31-27)33-21-5-7-22(8-6-21)34-24-10-14-28(32-18-24)26-12-4-20(2)16-30-26/h3-18H,1-2H3. The molecule has 5 rings (SSSR count). The summed E-state index contributed by atoms with van der Waals surface area (Å²) < 4.78 is 11.8. The fraction of sp³-hybridized carbons (Fsp3) is 0.0714. The number of aromatic nitrogens is 4. The van der Waals surface area contributed by atoms with Crippen LogP contribution in [0.2, 0.25) is 0 Å². The number of hydrogen-bond acceptors (Lipinski definition) is 6. The van der Waals surface area contributed by atoms with Gasteiger partial charge in [-0.05, 0) is 85.6 Å². The minimum Gasteiger partial charge on any atom is -0.456 e. The molecule has 0 amide bonds. The lowest BCUT2D eigenvalue weighted by Gasteiger charge is -2.09. The Morgan fingerprint density at radius 1 is 0.382 bits per heavy atom. The maximum Gasteiger partial charge on any atom is 0.145 e. The molecule has 1 aromatic carbocycles. The van der Waals surface area contributed by atoms with E-state index in [1.54, 1.807) is 12.4 Å². The molecule has 6 heteroatoms. The Morgan fingerprint density at radius 2 is 0.706 bits per heavy atom. The second kappa shape index (κ2) is 9.50. The van der Waals surface area contributed by atoms with E-state index < -0.39 is 0 Å². The molecular formula is C28H22N4O2.